The van der Waals surface area contributed by atoms with Crippen molar-refractivity contribution < 1.29 is 23.3 Å². The highest BCUT2D eigenvalue weighted by Gasteiger charge is 2.23. The molecule has 0 aliphatic carbocycles. The molecule has 9 nitrogen and oxygen atoms in total. The number of aromatic nitrogens is 2. The SMILES string of the molecule is C[C@H](OC(=O)c1ccc(N(C)C)c([N+](=O)[O-])c1)c1nnc(-c2ccc(F)cc2)o1. The van der Waals surface area contributed by atoms with Crippen LogP contribution in [0.15, 0.2) is 46.9 Å². The summed E-state index contributed by atoms with van der Waals surface area (Å²) < 4.78 is 23.8. The van der Waals surface area contributed by atoms with Crippen LogP contribution < -0.4 is 4.90 Å². The van der Waals surface area contributed by atoms with E-state index in [0.717, 1.165) is 6.07 Å². The lowest BCUT2D eigenvalue weighted by atomic mass is 10.1. The van der Waals surface area contributed by atoms with Gasteiger partial charge >= 0.3 is 5.97 Å². The minimum Gasteiger partial charge on any atom is -0.449 e. The van der Waals surface area contributed by atoms with Crippen molar-refractivity contribution in [2.45, 2.75) is 13.0 Å². The monoisotopic (exact) mass is 400 g/mol. The summed E-state index contributed by atoms with van der Waals surface area (Å²) in [5.74, 6) is -0.983. The summed E-state index contributed by atoms with van der Waals surface area (Å²) in [5.41, 5.74) is 0.680. The van der Waals surface area contributed by atoms with E-state index in [2.05, 4.69) is 10.2 Å². The molecule has 1 aromatic heterocycles. The Labute approximate surface area is 164 Å². The molecule has 0 aliphatic heterocycles. The third kappa shape index (κ3) is 4.37. The molecule has 1 heterocycles. The maximum Gasteiger partial charge on any atom is 0.339 e. The standard InChI is InChI=1S/C19H17FN4O5/c1-11(17-21-22-18(29-17)12-4-7-14(20)8-5-12)28-19(25)13-6-9-15(23(2)3)16(10-13)24(26)27/h4-11H,1-3H3/t11-/m0/s1. The summed E-state index contributed by atoms with van der Waals surface area (Å²) >= 11 is 0. The van der Waals surface area contributed by atoms with Crippen LogP contribution in [0.3, 0.4) is 0 Å². The molecule has 3 aromatic rings. The van der Waals surface area contributed by atoms with Gasteiger partial charge in [-0.25, -0.2) is 9.18 Å². The van der Waals surface area contributed by atoms with Gasteiger partial charge in [-0.1, -0.05) is 0 Å². The van der Waals surface area contributed by atoms with Crippen LogP contribution in [0.5, 0.6) is 0 Å². The van der Waals surface area contributed by atoms with Gasteiger partial charge in [0.05, 0.1) is 10.5 Å². The zero-order valence-electron chi connectivity index (χ0n) is 15.8. The van der Waals surface area contributed by atoms with E-state index in [9.17, 15) is 19.3 Å². The first-order chi connectivity index (χ1) is 13.8. The Kier molecular flexibility index (Phi) is 5.53. The van der Waals surface area contributed by atoms with Gasteiger partial charge < -0.3 is 14.1 Å². The number of benzene rings is 2. The third-order valence-corrected chi connectivity index (χ3v) is 4.05. The van der Waals surface area contributed by atoms with Crippen LogP contribution in [0.1, 0.15) is 29.3 Å². The highest BCUT2D eigenvalue weighted by atomic mass is 19.1. The number of rotatable bonds is 6. The summed E-state index contributed by atoms with van der Waals surface area (Å²) in [6.45, 7) is 1.53. The van der Waals surface area contributed by atoms with Crippen molar-refractivity contribution in [3.05, 3.63) is 69.9 Å². The Hall–Kier alpha value is -3.82. The molecule has 150 valence electrons. The molecule has 29 heavy (non-hydrogen) atoms. The molecule has 2 aromatic carbocycles. The van der Waals surface area contributed by atoms with E-state index in [4.69, 9.17) is 9.15 Å². The molecule has 0 aliphatic rings. The van der Waals surface area contributed by atoms with Crippen molar-refractivity contribution in [2.24, 2.45) is 0 Å². The van der Waals surface area contributed by atoms with Gasteiger partial charge in [0.1, 0.15) is 11.5 Å². The fraction of sp³-hybridized carbons (Fsp3) is 0.211. The average molecular weight is 400 g/mol. The fourth-order valence-corrected chi connectivity index (χ4v) is 2.56. The highest BCUT2D eigenvalue weighted by molar-refractivity contribution is 5.91. The van der Waals surface area contributed by atoms with Gasteiger partial charge in [-0.3, -0.25) is 10.1 Å². The summed E-state index contributed by atoms with van der Waals surface area (Å²) in [6, 6.07) is 9.54. The second kappa shape index (κ2) is 8.05. The normalized spacial score (nSPS) is 11.7. The first-order valence-corrected chi connectivity index (χ1v) is 8.52. The molecule has 0 saturated heterocycles. The number of carbonyl (C=O) groups is 1. The van der Waals surface area contributed by atoms with E-state index in [1.54, 1.807) is 19.0 Å². The maximum absolute atomic E-state index is 13.0. The fourth-order valence-electron chi connectivity index (χ4n) is 2.56. The summed E-state index contributed by atoms with van der Waals surface area (Å²) in [5, 5.41) is 19.0. The van der Waals surface area contributed by atoms with Gasteiger partial charge in [0.15, 0.2) is 6.10 Å². The second-order valence-corrected chi connectivity index (χ2v) is 6.35. The number of ether oxygens (including phenoxy) is 1. The molecule has 0 spiro atoms. The number of hydrogen-bond donors (Lipinski definition) is 0. The Bertz CT molecular complexity index is 1050. The molecule has 10 heteroatoms. The molecule has 0 amide bonds. The van der Waals surface area contributed by atoms with Crippen LogP contribution in [-0.4, -0.2) is 35.2 Å². The number of nitro groups is 1. The molecule has 3 rings (SSSR count). The van der Waals surface area contributed by atoms with E-state index in [-0.39, 0.29) is 23.0 Å². The Balaban J connectivity index is 1.76. The van der Waals surface area contributed by atoms with Crippen molar-refractivity contribution in [1.82, 2.24) is 10.2 Å². The van der Waals surface area contributed by atoms with E-state index < -0.39 is 22.8 Å². The Morgan fingerprint density at radius 1 is 1.21 bits per heavy atom. The van der Waals surface area contributed by atoms with Crippen LogP contribution >= 0.6 is 0 Å². The number of esters is 1. The Morgan fingerprint density at radius 3 is 2.52 bits per heavy atom. The number of carbonyl (C=O) groups excluding carboxylic acids is 1. The second-order valence-electron chi connectivity index (χ2n) is 6.35. The zero-order valence-corrected chi connectivity index (χ0v) is 15.8. The highest BCUT2D eigenvalue weighted by Crippen LogP contribution is 2.29. The molecular weight excluding hydrogens is 383 g/mol. The average Bonchev–Trinajstić information content (AvgIpc) is 3.18. The van der Waals surface area contributed by atoms with Gasteiger partial charge in [0, 0.05) is 25.7 Å². The first kappa shape index (κ1) is 19.9. The summed E-state index contributed by atoms with van der Waals surface area (Å²) in [4.78, 5) is 24.7. The lowest BCUT2D eigenvalue weighted by molar-refractivity contribution is -0.384. The maximum atomic E-state index is 13.0. The molecule has 0 N–H and O–H groups in total. The van der Waals surface area contributed by atoms with Crippen LogP contribution in [0.4, 0.5) is 15.8 Å². The minimum atomic E-state index is -0.892. The van der Waals surface area contributed by atoms with E-state index in [1.807, 2.05) is 0 Å². The summed E-state index contributed by atoms with van der Waals surface area (Å²) in [7, 11) is 3.33. The van der Waals surface area contributed by atoms with Gasteiger partial charge in [0.2, 0.25) is 5.89 Å². The van der Waals surface area contributed by atoms with Crippen molar-refractivity contribution in [2.75, 3.05) is 19.0 Å². The van der Waals surface area contributed by atoms with E-state index >= 15 is 0 Å². The van der Waals surface area contributed by atoms with Crippen LogP contribution in [0, 0.1) is 15.9 Å². The van der Waals surface area contributed by atoms with E-state index in [0.29, 0.717) is 11.3 Å². The van der Waals surface area contributed by atoms with Crippen LogP contribution in [-0.2, 0) is 4.74 Å². The number of nitrogens with zero attached hydrogens (tertiary/aromatic N) is 4. The predicted molar refractivity (Wildman–Crippen MR) is 101 cm³/mol. The van der Waals surface area contributed by atoms with Crippen molar-refractivity contribution in [3.8, 4) is 11.5 Å². The lowest BCUT2D eigenvalue weighted by Crippen LogP contribution is -2.13. The smallest absolute Gasteiger partial charge is 0.339 e. The summed E-state index contributed by atoms with van der Waals surface area (Å²) in [6.07, 6.45) is -0.892. The first-order valence-electron chi connectivity index (χ1n) is 8.52. The number of anilines is 1. The molecule has 0 unspecified atom stereocenters. The minimum absolute atomic E-state index is 0.0208. The lowest BCUT2D eigenvalue weighted by Gasteiger charge is -2.14. The molecule has 0 radical (unpaired) electrons. The quantitative estimate of drug-likeness (QED) is 0.349. The number of nitro benzene ring substituents is 1. The van der Waals surface area contributed by atoms with Gasteiger partial charge in [-0.15, -0.1) is 10.2 Å². The van der Waals surface area contributed by atoms with Gasteiger partial charge in [-0.05, 0) is 43.3 Å². The third-order valence-electron chi connectivity index (χ3n) is 4.05. The molecule has 0 bridgehead atoms. The van der Waals surface area contributed by atoms with Crippen molar-refractivity contribution in [1.29, 1.82) is 0 Å². The topological polar surface area (TPSA) is 112 Å². The van der Waals surface area contributed by atoms with Gasteiger partial charge in [0.25, 0.3) is 11.6 Å². The molecular formula is C19H17FN4O5. The van der Waals surface area contributed by atoms with Gasteiger partial charge in [-0.2, -0.15) is 0 Å². The number of hydrogen-bond acceptors (Lipinski definition) is 8. The van der Waals surface area contributed by atoms with Crippen LogP contribution in [0.25, 0.3) is 11.5 Å². The zero-order chi connectivity index (χ0) is 21.1. The molecule has 0 fully saturated rings. The molecule has 0 saturated carbocycles. The number of halogens is 1. The Morgan fingerprint density at radius 2 is 1.90 bits per heavy atom. The largest absolute Gasteiger partial charge is 0.449 e. The predicted octanol–water partition coefficient (Wildman–Crippen LogP) is 3.77. The van der Waals surface area contributed by atoms with E-state index in [1.165, 1.54) is 43.3 Å². The van der Waals surface area contributed by atoms with Crippen LogP contribution in [0.2, 0.25) is 0 Å². The van der Waals surface area contributed by atoms with Crippen molar-refractivity contribution in [3.63, 3.8) is 0 Å². The molecule has 1 atom stereocenters. The van der Waals surface area contributed by atoms with Crippen molar-refractivity contribution >= 4 is 17.3 Å².